The minimum absolute atomic E-state index is 0.108. The lowest BCUT2D eigenvalue weighted by molar-refractivity contribution is -0.141. The maximum absolute atomic E-state index is 12.8. The first kappa shape index (κ1) is 30.2. The summed E-state index contributed by atoms with van der Waals surface area (Å²) in [6, 6.07) is 6.43. The third-order valence-electron chi connectivity index (χ3n) is 5.16. The summed E-state index contributed by atoms with van der Waals surface area (Å²) in [5.41, 5.74) is -0.0616. The highest BCUT2D eigenvalue weighted by molar-refractivity contribution is 7.90. The molecule has 2 N–H and O–H groups in total. The topological polar surface area (TPSA) is 161 Å². The fraction of sp³-hybridized carbons (Fsp3) is 0.400. The summed E-state index contributed by atoms with van der Waals surface area (Å²) in [6.45, 7) is 6.50. The number of pyridine rings is 1. The Morgan fingerprint density at radius 2 is 1.58 bits per heavy atom. The van der Waals surface area contributed by atoms with Gasteiger partial charge in [-0.05, 0) is 50.1 Å². The Balaban J connectivity index is 2.15. The molecule has 1 aromatic heterocycles. The van der Waals surface area contributed by atoms with E-state index < -0.39 is 34.4 Å². The van der Waals surface area contributed by atoms with E-state index in [0.717, 1.165) is 25.1 Å². The molecular formula is C25H32N4O8S. The van der Waals surface area contributed by atoms with Gasteiger partial charge >= 0.3 is 5.97 Å². The highest BCUT2D eigenvalue weighted by Crippen LogP contribution is 2.19. The Kier molecular flexibility index (Phi) is 11.2. The number of ether oxygens (including phenoxy) is 2. The zero-order valence-electron chi connectivity index (χ0n) is 21.8. The van der Waals surface area contributed by atoms with Crippen molar-refractivity contribution in [3.8, 4) is 5.75 Å². The highest BCUT2D eigenvalue weighted by atomic mass is 32.2. The molecule has 0 atom stereocenters. The predicted octanol–water partition coefficient (Wildman–Crippen LogP) is 1.76. The molecule has 13 heteroatoms. The Morgan fingerprint density at radius 3 is 2.13 bits per heavy atom. The fourth-order valence-electron chi connectivity index (χ4n) is 3.40. The van der Waals surface area contributed by atoms with Gasteiger partial charge in [-0.25, -0.2) is 18.1 Å². The smallest absolute Gasteiger partial charge is 0.325 e. The van der Waals surface area contributed by atoms with Crippen molar-refractivity contribution in [3.05, 3.63) is 53.3 Å². The Hall–Kier alpha value is -4.00. The molecule has 0 aliphatic rings. The first-order chi connectivity index (χ1) is 18.1. The molecule has 1 heterocycles. The van der Waals surface area contributed by atoms with Crippen LogP contribution in [0.3, 0.4) is 0 Å². The lowest BCUT2D eigenvalue weighted by atomic mass is 10.2. The second kappa shape index (κ2) is 14.1. The quantitative estimate of drug-likeness (QED) is 0.355. The van der Waals surface area contributed by atoms with Crippen LogP contribution >= 0.6 is 0 Å². The SMILES string of the molecule is CCCN(CCC)C(=O)c1ccc(S(=O)(=O)NC(=O)c2cnc(C(=O)NCC(=O)OCC)c(OC)c2)cc1. The van der Waals surface area contributed by atoms with Crippen molar-refractivity contribution in [2.45, 2.75) is 38.5 Å². The van der Waals surface area contributed by atoms with Crippen LogP contribution in [0, 0.1) is 0 Å². The highest BCUT2D eigenvalue weighted by Gasteiger charge is 2.23. The molecule has 1 aromatic carbocycles. The van der Waals surface area contributed by atoms with Crippen molar-refractivity contribution in [1.82, 2.24) is 19.9 Å². The Labute approximate surface area is 221 Å². The third-order valence-corrected chi connectivity index (χ3v) is 6.51. The summed E-state index contributed by atoms with van der Waals surface area (Å²) in [6.07, 6.45) is 2.59. The van der Waals surface area contributed by atoms with Gasteiger partial charge in [0, 0.05) is 24.8 Å². The van der Waals surface area contributed by atoms with Gasteiger partial charge in [0.05, 0.1) is 24.2 Å². The molecule has 206 valence electrons. The average molecular weight is 549 g/mol. The molecule has 3 amide bonds. The van der Waals surface area contributed by atoms with Gasteiger partial charge < -0.3 is 19.7 Å². The van der Waals surface area contributed by atoms with Crippen LogP contribution in [-0.2, 0) is 19.6 Å². The number of sulfonamides is 1. The summed E-state index contributed by atoms with van der Waals surface area (Å²) in [5.74, 6) is -2.71. The molecule has 2 aromatic rings. The molecule has 12 nitrogen and oxygen atoms in total. The molecule has 0 radical (unpaired) electrons. The van der Waals surface area contributed by atoms with Gasteiger partial charge in [-0.3, -0.25) is 19.2 Å². The summed E-state index contributed by atoms with van der Waals surface area (Å²) >= 11 is 0. The Morgan fingerprint density at radius 1 is 0.947 bits per heavy atom. The first-order valence-electron chi connectivity index (χ1n) is 12.0. The number of benzene rings is 1. The number of nitrogens with zero attached hydrogens (tertiary/aromatic N) is 2. The molecule has 38 heavy (non-hydrogen) atoms. The number of esters is 1. The molecular weight excluding hydrogens is 516 g/mol. The number of rotatable bonds is 13. The molecule has 0 fully saturated rings. The molecule has 0 saturated carbocycles. The fourth-order valence-corrected chi connectivity index (χ4v) is 4.37. The number of hydrogen-bond donors (Lipinski definition) is 2. The van der Waals surface area contributed by atoms with E-state index in [4.69, 9.17) is 9.47 Å². The van der Waals surface area contributed by atoms with E-state index >= 15 is 0 Å². The normalized spacial score (nSPS) is 10.8. The minimum Gasteiger partial charge on any atom is -0.494 e. The Bertz CT molecular complexity index is 1260. The maximum Gasteiger partial charge on any atom is 0.325 e. The largest absolute Gasteiger partial charge is 0.494 e. The number of hydrogen-bond acceptors (Lipinski definition) is 9. The van der Waals surface area contributed by atoms with Crippen molar-refractivity contribution in [3.63, 3.8) is 0 Å². The van der Waals surface area contributed by atoms with E-state index in [2.05, 4.69) is 10.3 Å². The van der Waals surface area contributed by atoms with Gasteiger partial charge in [0.1, 0.15) is 6.54 Å². The zero-order valence-corrected chi connectivity index (χ0v) is 22.6. The maximum atomic E-state index is 12.8. The van der Waals surface area contributed by atoms with E-state index in [0.29, 0.717) is 18.7 Å². The van der Waals surface area contributed by atoms with E-state index in [9.17, 15) is 27.6 Å². The number of aromatic nitrogens is 1. The second-order valence-corrected chi connectivity index (χ2v) is 9.70. The molecule has 2 rings (SSSR count). The molecule has 0 aliphatic carbocycles. The first-order valence-corrected chi connectivity index (χ1v) is 13.5. The summed E-state index contributed by atoms with van der Waals surface area (Å²) in [7, 11) is -3.05. The van der Waals surface area contributed by atoms with E-state index in [1.165, 1.54) is 31.4 Å². The minimum atomic E-state index is -4.28. The van der Waals surface area contributed by atoms with Crippen LogP contribution in [0.5, 0.6) is 5.75 Å². The molecule has 0 bridgehead atoms. The van der Waals surface area contributed by atoms with Crippen LogP contribution in [0.25, 0.3) is 0 Å². The monoisotopic (exact) mass is 548 g/mol. The van der Waals surface area contributed by atoms with Crippen molar-refractivity contribution < 1.29 is 37.1 Å². The number of amides is 3. The van der Waals surface area contributed by atoms with Crippen molar-refractivity contribution in [2.24, 2.45) is 0 Å². The lowest BCUT2D eigenvalue weighted by Gasteiger charge is -2.21. The van der Waals surface area contributed by atoms with Gasteiger partial charge in [-0.15, -0.1) is 0 Å². The summed E-state index contributed by atoms with van der Waals surface area (Å²) < 4.78 is 37.3. The molecule has 0 saturated heterocycles. The lowest BCUT2D eigenvalue weighted by Crippen LogP contribution is -2.33. The third kappa shape index (κ3) is 8.00. The molecule has 0 unspecified atom stereocenters. The van der Waals surface area contributed by atoms with Crippen LogP contribution in [0.2, 0.25) is 0 Å². The van der Waals surface area contributed by atoms with Gasteiger partial charge in [-0.1, -0.05) is 13.8 Å². The van der Waals surface area contributed by atoms with Crippen LogP contribution in [0.1, 0.15) is 64.8 Å². The van der Waals surface area contributed by atoms with Crippen molar-refractivity contribution in [1.29, 1.82) is 0 Å². The number of carbonyl (C=O) groups is 4. The second-order valence-electron chi connectivity index (χ2n) is 8.01. The van der Waals surface area contributed by atoms with Crippen LogP contribution in [-0.4, -0.2) is 75.3 Å². The van der Waals surface area contributed by atoms with Crippen LogP contribution in [0.15, 0.2) is 41.4 Å². The van der Waals surface area contributed by atoms with E-state index in [1.54, 1.807) is 11.8 Å². The summed E-state index contributed by atoms with van der Waals surface area (Å²) in [4.78, 5) is 54.5. The number of carbonyl (C=O) groups excluding carboxylic acids is 4. The van der Waals surface area contributed by atoms with E-state index in [-0.39, 0.29) is 34.4 Å². The van der Waals surface area contributed by atoms with Gasteiger partial charge in [0.25, 0.3) is 27.7 Å². The van der Waals surface area contributed by atoms with Crippen molar-refractivity contribution in [2.75, 3.05) is 33.4 Å². The van der Waals surface area contributed by atoms with Gasteiger partial charge in [0.15, 0.2) is 11.4 Å². The zero-order chi connectivity index (χ0) is 28.3. The predicted molar refractivity (Wildman–Crippen MR) is 137 cm³/mol. The number of nitrogens with one attached hydrogen (secondary N) is 2. The standard InChI is InChI=1S/C25H32N4O8S/c1-5-12-29(13-6-2)25(33)17-8-10-19(11-9-17)38(34,35)28-23(31)18-14-20(36-4)22(26-15-18)24(32)27-16-21(30)37-7-3/h8-11,14-15H,5-7,12-13,16H2,1-4H3,(H,27,32)(H,28,31). The van der Waals surface area contributed by atoms with Crippen LogP contribution in [0.4, 0.5) is 0 Å². The average Bonchev–Trinajstić information content (AvgIpc) is 2.90. The molecule has 0 aliphatic heterocycles. The van der Waals surface area contributed by atoms with E-state index in [1.807, 2.05) is 18.6 Å². The molecule has 0 spiro atoms. The van der Waals surface area contributed by atoms with Gasteiger partial charge in [-0.2, -0.15) is 0 Å². The number of methoxy groups -OCH3 is 1. The van der Waals surface area contributed by atoms with Gasteiger partial charge in [0.2, 0.25) is 0 Å². The summed E-state index contributed by atoms with van der Waals surface area (Å²) in [5, 5.41) is 2.32. The van der Waals surface area contributed by atoms with Crippen molar-refractivity contribution >= 4 is 33.7 Å². The van der Waals surface area contributed by atoms with Crippen LogP contribution < -0.4 is 14.8 Å².